The molecule has 0 radical (unpaired) electrons. The maximum Gasteiger partial charge on any atom is 0.413 e. The second-order valence-electron chi connectivity index (χ2n) is 3.46. The molecule has 4 nitrogen and oxygen atoms in total. The van der Waals surface area contributed by atoms with Crippen LogP contribution in [0.1, 0.15) is 12.5 Å². The van der Waals surface area contributed by atoms with Crippen LogP contribution in [0.2, 0.25) is 0 Å². The van der Waals surface area contributed by atoms with Crippen LogP contribution in [0.3, 0.4) is 0 Å². The summed E-state index contributed by atoms with van der Waals surface area (Å²) < 4.78 is 40.5. The zero-order valence-corrected chi connectivity index (χ0v) is 9.75. The van der Waals surface area contributed by atoms with Gasteiger partial charge in [-0.1, -0.05) is 6.07 Å². The molecule has 1 aromatic rings. The Morgan fingerprint density at radius 3 is 2.67 bits per heavy atom. The van der Waals surface area contributed by atoms with Crippen molar-refractivity contribution >= 4 is 0 Å². The van der Waals surface area contributed by atoms with Crippen molar-refractivity contribution in [2.45, 2.75) is 19.6 Å². The van der Waals surface area contributed by atoms with Crippen LogP contribution < -0.4 is 10.2 Å². The minimum Gasteiger partial charge on any atom is -0.504 e. The van der Waals surface area contributed by atoms with Crippen LogP contribution in [0.15, 0.2) is 18.2 Å². The molecule has 1 rings (SSSR count). The number of benzene rings is 1. The summed E-state index contributed by atoms with van der Waals surface area (Å²) in [5.41, 5.74) is 2.83. The first kappa shape index (κ1) is 14.6. The summed E-state index contributed by atoms with van der Waals surface area (Å²) in [5, 5.41) is 9.42. The summed E-state index contributed by atoms with van der Waals surface area (Å²) in [6, 6.07) is 4.50. The van der Waals surface area contributed by atoms with E-state index < -0.39 is 12.8 Å². The molecule has 0 amide bonds. The van der Waals surface area contributed by atoms with E-state index in [1.54, 1.807) is 13.0 Å². The third-order valence-corrected chi connectivity index (χ3v) is 1.94. The topological polar surface area (TPSA) is 50.7 Å². The Morgan fingerprint density at radius 2 is 2.06 bits per heavy atom. The van der Waals surface area contributed by atoms with E-state index in [2.05, 4.69) is 10.3 Å². The molecule has 0 aliphatic heterocycles. The van der Waals surface area contributed by atoms with Crippen LogP contribution in [-0.2, 0) is 11.4 Å². The Labute approximate surface area is 102 Å². The highest BCUT2D eigenvalue weighted by Crippen LogP contribution is 2.26. The number of rotatable bonds is 6. The summed E-state index contributed by atoms with van der Waals surface area (Å²) >= 11 is 0. The van der Waals surface area contributed by atoms with Crippen molar-refractivity contribution in [1.29, 1.82) is 0 Å². The van der Waals surface area contributed by atoms with Crippen molar-refractivity contribution in [1.82, 2.24) is 5.48 Å². The monoisotopic (exact) mass is 265 g/mol. The predicted molar refractivity (Wildman–Crippen MR) is 58.1 cm³/mol. The van der Waals surface area contributed by atoms with Gasteiger partial charge in [-0.15, -0.1) is 0 Å². The average molecular weight is 265 g/mol. The van der Waals surface area contributed by atoms with Gasteiger partial charge in [0.1, 0.15) is 0 Å². The molecule has 1 aromatic carbocycles. The van der Waals surface area contributed by atoms with Crippen LogP contribution >= 0.6 is 0 Å². The largest absolute Gasteiger partial charge is 0.504 e. The average Bonchev–Trinajstić information content (AvgIpc) is 2.28. The van der Waals surface area contributed by atoms with Gasteiger partial charge in [-0.3, -0.25) is 4.84 Å². The van der Waals surface area contributed by atoms with E-state index in [0.717, 1.165) is 0 Å². The molecule has 0 unspecified atom stereocenters. The highest BCUT2D eigenvalue weighted by atomic mass is 19.4. The second-order valence-corrected chi connectivity index (χ2v) is 3.46. The number of nitrogens with one attached hydrogen (secondary N) is 1. The summed E-state index contributed by atoms with van der Waals surface area (Å²) in [6.07, 6.45) is -4.36. The molecular weight excluding hydrogens is 251 g/mol. The molecule has 0 aliphatic rings. The first-order valence-electron chi connectivity index (χ1n) is 5.28. The molecule has 0 spiro atoms. The zero-order chi connectivity index (χ0) is 13.6. The third kappa shape index (κ3) is 5.24. The van der Waals surface area contributed by atoms with E-state index in [1.165, 1.54) is 12.1 Å². The van der Waals surface area contributed by atoms with Crippen LogP contribution in [0.5, 0.6) is 11.5 Å². The van der Waals surface area contributed by atoms with E-state index in [-0.39, 0.29) is 18.0 Å². The lowest BCUT2D eigenvalue weighted by atomic mass is 10.2. The lowest BCUT2D eigenvalue weighted by molar-refractivity contribution is -0.190. The lowest BCUT2D eigenvalue weighted by Crippen LogP contribution is -2.24. The number of hydrogen-bond donors (Lipinski definition) is 2. The van der Waals surface area contributed by atoms with Crippen molar-refractivity contribution in [3.05, 3.63) is 23.8 Å². The zero-order valence-electron chi connectivity index (χ0n) is 9.75. The molecule has 0 heterocycles. The van der Waals surface area contributed by atoms with Gasteiger partial charge in [-0.25, -0.2) is 0 Å². The molecule has 18 heavy (non-hydrogen) atoms. The molecule has 0 saturated carbocycles. The van der Waals surface area contributed by atoms with Crippen LogP contribution in [0.25, 0.3) is 0 Å². The first-order valence-corrected chi connectivity index (χ1v) is 5.28. The SMILES string of the molecule is CCOc1cc(CNOCC(F)(F)F)ccc1O. The molecule has 102 valence electrons. The highest BCUT2D eigenvalue weighted by Gasteiger charge is 2.27. The summed E-state index contributed by atoms with van der Waals surface area (Å²) in [5.74, 6) is 0.268. The van der Waals surface area contributed by atoms with Gasteiger partial charge in [0.15, 0.2) is 18.1 Å². The van der Waals surface area contributed by atoms with Gasteiger partial charge in [0.25, 0.3) is 0 Å². The van der Waals surface area contributed by atoms with Crippen molar-refractivity contribution < 1.29 is 27.9 Å². The van der Waals surface area contributed by atoms with E-state index in [9.17, 15) is 18.3 Å². The number of halogens is 3. The molecule has 7 heteroatoms. The van der Waals surface area contributed by atoms with Gasteiger partial charge in [-0.05, 0) is 24.6 Å². The van der Waals surface area contributed by atoms with E-state index in [0.29, 0.717) is 12.2 Å². The number of aromatic hydroxyl groups is 1. The minimum atomic E-state index is -4.36. The van der Waals surface area contributed by atoms with Crippen LogP contribution in [-0.4, -0.2) is 24.5 Å². The smallest absolute Gasteiger partial charge is 0.413 e. The van der Waals surface area contributed by atoms with Gasteiger partial charge in [0.2, 0.25) is 0 Å². The van der Waals surface area contributed by atoms with Crippen molar-refractivity contribution in [3.63, 3.8) is 0 Å². The minimum absolute atomic E-state index is 0.0168. The molecule has 0 fully saturated rings. The van der Waals surface area contributed by atoms with Crippen LogP contribution in [0.4, 0.5) is 13.2 Å². The Hall–Kier alpha value is -1.47. The predicted octanol–water partition coefficient (Wildman–Crippen LogP) is 2.37. The number of hydrogen-bond acceptors (Lipinski definition) is 4. The fourth-order valence-electron chi connectivity index (χ4n) is 1.21. The number of ether oxygens (including phenoxy) is 1. The fraction of sp³-hybridized carbons (Fsp3) is 0.455. The lowest BCUT2D eigenvalue weighted by Gasteiger charge is -2.10. The normalized spacial score (nSPS) is 11.6. The van der Waals surface area contributed by atoms with Gasteiger partial charge < -0.3 is 9.84 Å². The Balaban J connectivity index is 2.45. The van der Waals surface area contributed by atoms with Gasteiger partial charge in [-0.2, -0.15) is 18.7 Å². The maximum atomic E-state index is 11.8. The molecule has 0 saturated heterocycles. The maximum absolute atomic E-state index is 11.8. The molecule has 0 atom stereocenters. The third-order valence-electron chi connectivity index (χ3n) is 1.94. The van der Waals surface area contributed by atoms with E-state index in [4.69, 9.17) is 4.74 Å². The number of alkyl halides is 3. The molecule has 0 aliphatic carbocycles. The Bertz CT molecular complexity index is 382. The second kappa shape index (κ2) is 6.46. The number of phenolic OH excluding ortho intramolecular Hbond substituents is 1. The highest BCUT2D eigenvalue weighted by molar-refractivity contribution is 5.41. The van der Waals surface area contributed by atoms with Crippen molar-refractivity contribution in [2.75, 3.05) is 13.2 Å². The number of hydroxylamine groups is 1. The van der Waals surface area contributed by atoms with Gasteiger partial charge in [0.05, 0.1) is 6.61 Å². The Morgan fingerprint density at radius 1 is 1.33 bits per heavy atom. The molecule has 2 N–H and O–H groups in total. The fourth-order valence-corrected chi connectivity index (χ4v) is 1.21. The van der Waals surface area contributed by atoms with E-state index in [1.807, 2.05) is 0 Å². The van der Waals surface area contributed by atoms with E-state index >= 15 is 0 Å². The quantitative estimate of drug-likeness (QED) is 0.612. The molecular formula is C11H14F3NO3. The van der Waals surface area contributed by atoms with Gasteiger partial charge >= 0.3 is 6.18 Å². The summed E-state index contributed by atoms with van der Waals surface area (Å²) in [7, 11) is 0. The molecule has 0 aromatic heterocycles. The Kier molecular flexibility index (Phi) is 5.24. The number of phenols is 1. The molecule has 0 bridgehead atoms. The van der Waals surface area contributed by atoms with Gasteiger partial charge in [0, 0.05) is 6.54 Å². The standard InChI is InChI=1S/C11H14F3NO3/c1-2-17-10-5-8(3-4-9(10)16)6-15-18-7-11(12,13)14/h3-5,15-16H,2,6-7H2,1H3. The van der Waals surface area contributed by atoms with Crippen LogP contribution in [0, 0.1) is 0 Å². The summed E-state index contributed by atoms with van der Waals surface area (Å²) in [6.45, 7) is 0.867. The first-order chi connectivity index (χ1) is 8.42. The van der Waals surface area contributed by atoms with Crippen molar-refractivity contribution in [3.8, 4) is 11.5 Å². The van der Waals surface area contributed by atoms with Crippen molar-refractivity contribution in [2.24, 2.45) is 0 Å². The summed E-state index contributed by atoms with van der Waals surface area (Å²) in [4.78, 5) is 4.25.